The zero-order chi connectivity index (χ0) is 26.2. The highest BCUT2D eigenvalue weighted by atomic mass is 19.1. The van der Waals surface area contributed by atoms with Gasteiger partial charge in [0.15, 0.2) is 0 Å². The minimum Gasteiger partial charge on any atom is -0.390 e. The predicted molar refractivity (Wildman–Crippen MR) is 146 cm³/mol. The maximum absolute atomic E-state index is 12.6. The Kier molecular flexibility index (Phi) is 9.69. The molecule has 1 aliphatic rings. The van der Waals surface area contributed by atoms with E-state index in [-0.39, 0.29) is 17.0 Å². The fraction of sp³-hybridized carbons (Fsp3) is 0.500. The molecule has 1 saturated carbocycles. The molecule has 5 N–H and O–H groups in total. The van der Waals surface area contributed by atoms with Crippen LogP contribution >= 0.6 is 0 Å². The number of hydrogen-bond acceptors (Lipinski definition) is 4. The number of primary amides is 1. The SMILES string of the molecule is CC(C)(C)c1cccc(C2(NCC(O)C(CC/C=C/F)Nc3ccc(C(N)=O)cc3)CCCCC2)c1. The first-order chi connectivity index (χ1) is 17.1. The quantitative estimate of drug-likeness (QED) is 0.311. The molecule has 2 aromatic carbocycles. The number of halogens is 1. The number of amides is 1. The van der Waals surface area contributed by atoms with Gasteiger partial charge in [0.25, 0.3) is 0 Å². The van der Waals surface area contributed by atoms with Crippen molar-refractivity contribution in [1.82, 2.24) is 5.32 Å². The third-order valence-electron chi connectivity index (χ3n) is 7.36. The van der Waals surface area contributed by atoms with Gasteiger partial charge in [-0.25, -0.2) is 4.39 Å². The van der Waals surface area contributed by atoms with Crippen LogP contribution < -0.4 is 16.4 Å². The van der Waals surface area contributed by atoms with Crippen LogP contribution in [0, 0.1) is 0 Å². The molecule has 1 fully saturated rings. The van der Waals surface area contributed by atoms with Crippen molar-refractivity contribution in [2.45, 2.75) is 88.8 Å². The van der Waals surface area contributed by atoms with E-state index in [1.54, 1.807) is 24.3 Å². The Bertz CT molecular complexity index is 1010. The van der Waals surface area contributed by atoms with Crippen LogP contribution in [0.2, 0.25) is 0 Å². The number of anilines is 1. The molecule has 1 amide bonds. The topological polar surface area (TPSA) is 87.4 Å². The molecule has 1 aliphatic carbocycles. The monoisotopic (exact) mass is 495 g/mol. The van der Waals surface area contributed by atoms with Crippen LogP contribution in [0.3, 0.4) is 0 Å². The van der Waals surface area contributed by atoms with Crippen LogP contribution in [-0.4, -0.2) is 29.7 Å². The molecule has 0 radical (unpaired) electrons. The van der Waals surface area contributed by atoms with Crippen LogP contribution in [0.1, 0.15) is 87.2 Å². The number of allylic oxidation sites excluding steroid dienone is 1. The first-order valence-electron chi connectivity index (χ1n) is 13.1. The molecule has 2 unspecified atom stereocenters. The summed E-state index contributed by atoms with van der Waals surface area (Å²) < 4.78 is 12.6. The standard InChI is InChI=1S/C30H42FN3O2/c1-29(2,3)23-10-9-11-24(20-23)30(17-6-4-7-18-30)33-21-27(35)26(12-5-8-19-31)34-25-15-13-22(14-16-25)28(32)36/h8-11,13-16,19-20,26-27,33-35H,4-7,12,17-18,21H2,1-3H3,(H2,32,36)/b19-8+. The van der Waals surface area contributed by atoms with Gasteiger partial charge >= 0.3 is 0 Å². The minimum absolute atomic E-state index is 0.0639. The van der Waals surface area contributed by atoms with E-state index in [4.69, 9.17) is 5.73 Å². The Hall–Kier alpha value is -2.70. The van der Waals surface area contributed by atoms with E-state index in [0.29, 0.717) is 31.3 Å². The molecule has 2 atom stereocenters. The molecule has 2 aromatic rings. The number of aliphatic hydroxyl groups excluding tert-OH is 1. The lowest BCUT2D eigenvalue weighted by atomic mass is 9.74. The average molecular weight is 496 g/mol. The smallest absolute Gasteiger partial charge is 0.248 e. The van der Waals surface area contributed by atoms with Crippen molar-refractivity contribution in [2.24, 2.45) is 5.73 Å². The lowest BCUT2D eigenvalue weighted by Gasteiger charge is -2.41. The van der Waals surface area contributed by atoms with Crippen LogP contribution in [-0.2, 0) is 11.0 Å². The summed E-state index contributed by atoms with van der Waals surface area (Å²) in [5.41, 5.74) is 9.04. The van der Waals surface area contributed by atoms with Gasteiger partial charge in [0.2, 0.25) is 5.91 Å². The van der Waals surface area contributed by atoms with E-state index in [0.717, 1.165) is 31.4 Å². The molecule has 0 heterocycles. The highest BCUT2D eigenvalue weighted by Crippen LogP contribution is 2.38. The Morgan fingerprint density at radius 1 is 1.14 bits per heavy atom. The number of rotatable bonds is 11. The number of nitrogens with one attached hydrogen (secondary N) is 2. The second-order valence-corrected chi connectivity index (χ2v) is 11.1. The average Bonchev–Trinajstić information content (AvgIpc) is 2.87. The van der Waals surface area contributed by atoms with Gasteiger partial charge in [-0.1, -0.05) is 70.4 Å². The number of aliphatic hydroxyl groups is 1. The predicted octanol–water partition coefficient (Wildman–Crippen LogP) is 5.94. The zero-order valence-corrected chi connectivity index (χ0v) is 21.9. The molecule has 0 aromatic heterocycles. The summed E-state index contributed by atoms with van der Waals surface area (Å²) in [5.74, 6) is -0.483. The van der Waals surface area contributed by atoms with Gasteiger partial charge in [-0.2, -0.15) is 0 Å². The molecular formula is C30H42FN3O2. The summed E-state index contributed by atoms with van der Waals surface area (Å²) in [6, 6.07) is 15.5. The molecule has 0 spiro atoms. The van der Waals surface area contributed by atoms with E-state index in [1.807, 2.05) is 0 Å². The normalized spacial score (nSPS) is 17.6. The van der Waals surface area contributed by atoms with Crippen molar-refractivity contribution < 1.29 is 14.3 Å². The van der Waals surface area contributed by atoms with Gasteiger partial charge in [-0.15, -0.1) is 0 Å². The van der Waals surface area contributed by atoms with E-state index < -0.39 is 12.0 Å². The van der Waals surface area contributed by atoms with Crippen molar-refractivity contribution in [2.75, 3.05) is 11.9 Å². The molecule has 36 heavy (non-hydrogen) atoms. The lowest BCUT2D eigenvalue weighted by molar-refractivity contribution is 0.1000. The van der Waals surface area contributed by atoms with Gasteiger partial charge in [0, 0.05) is 23.3 Å². The van der Waals surface area contributed by atoms with Gasteiger partial charge < -0.3 is 21.5 Å². The number of hydrogen-bond donors (Lipinski definition) is 4. The molecule has 196 valence electrons. The van der Waals surface area contributed by atoms with Crippen LogP contribution in [0.25, 0.3) is 0 Å². The van der Waals surface area contributed by atoms with E-state index in [2.05, 4.69) is 55.7 Å². The van der Waals surface area contributed by atoms with Gasteiger partial charge in [-0.3, -0.25) is 4.79 Å². The Labute approximate surface area is 215 Å². The maximum Gasteiger partial charge on any atom is 0.248 e. The first kappa shape index (κ1) is 27.9. The Morgan fingerprint density at radius 2 is 1.83 bits per heavy atom. The highest BCUT2D eigenvalue weighted by molar-refractivity contribution is 5.93. The van der Waals surface area contributed by atoms with E-state index in [1.165, 1.54) is 23.6 Å². The summed E-state index contributed by atoms with van der Waals surface area (Å²) in [7, 11) is 0. The Balaban J connectivity index is 1.77. The van der Waals surface area contributed by atoms with Crippen molar-refractivity contribution in [3.8, 4) is 0 Å². The second-order valence-electron chi connectivity index (χ2n) is 11.1. The highest BCUT2D eigenvalue weighted by Gasteiger charge is 2.35. The van der Waals surface area contributed by atoms with E-state index in [9.17, 15) is 14.3 Å². The largest absolute Gasteiger partial charge is 0.390 e. The van der Waals surface area contributed by atoms with Crippen molar-refractivity contribution in [3.63, 3.8) is 0 Å². The molecule has 3 rings (SSSR count). The van der Waals surface area contributed by atoms with Crippen LogP contribution in [0.15, 0.2) is 60.9 Å². The lowest BCUT2D eigenvalue weighted by Crippen LogP contribution is -2.50. The zero-order valence-electron chi connectivity index (χ0n) is 21.9. The van der Waals surface area contributed by atoms with Crippen molar-refractivity contribution >= 4 is 11.6 Å². The summed E-state index contributed by atoms with van der Waals surface area (Å²) in [5, 5.41) is 18.4. The summed E-state index contributed by atoms with van der Waals surface area (Å²) in [4.78, 5) is 11.4. The van der Waals surface area contributed by atoms with Crippen LogP contribution in [0.5, 0.6) is 0 Å². The summed E-state index contributed by atoms with van der Waals surface area (Å²) in [6.45, 7) is 7.11. The molecule has 6 heteroatoms. The molecule has 0 aliphatic heterocycles. The summed E-state index contributed by atoms with van der Waals surface area (Å²) >= 11 is 0. The fourth-order valence-electron chi connectivity index (χ4n) is 5.09. The molecule has 0 saturated heterocycles. The number of benzene rings is 2. The Morgan fingerprint density at radius 3 is 2.44 bits per heavy atom. The van der Waals surface area contributed by atoms with Gasteiger partial charge in [0.05, 0.1) is 18.5 Å². The fourth-order valence-corrected chi connectivity index (χ4v) is 5.09. The third-order valence-corrected chi connectivity index (χ3v) is 7.36. The maximum atomic E-state index is 12.6. The van der Waals surface area contributed by atoms with Gasteiger partial charge in [-0.05, 0) is 66.5 Å². The van der Waals surface area contributed by atoms with E-state index >= 15 is 0 Å². The number of carbonyl (C=O) groups excluding carboxylic acids is 1. The second kappa shape index (κ2) is 12.5. The summed E-state index contributed by atoms with van der Waals surface area (Å²) in [6.07, 6.45) is 7.97. The third kappa shape index (κ3) is 7.40. The van der Waals surface area contributed by atoms with Crippen molar-refractivity contribution in [1.29, 1.82) is 0 Å². The first-order valence-corrected chi connectivity index (χ1v) is 13.1. The molecule has 5 nitrogen and oxygen atoms in total. The molecular weight excluding hydrogens is 453 g/mol. The number of nitrogens with two attached hydrogens (primary N) is 1. The van der Waals surface area contributed by atoms with Crippen molar-refractivity contribution in [3.05, 3.63) is 77.6 Å². The van der Waals surface area contributed by atoms with Gasteiger partial charge in [0.1, 0.15) is 0 Å². The van der Waals surface area contributed by atoms with Crippen LogP contribution in [0.4, 0.5) is 10.1 Å². The molecule has 0 bridgehead atoms. The number of carbonyl (C=O) groups is 1. The minimum atomic E-state index is -0.696.